The van der Waals surface area contributed by atoms with E-state index in [1.807, 2.05) is 0 Å². The minimum atomic E-state index is 0.758. The summed E-state index contributed by atoms with van der Waals surface area (Å²) in [5.41, 5.74) is 0. The van der Waals surface area contributed by atoms with Crippen LogP contribution in [0.2, 0.25) is 0 Å². The molecule has 1 unspecified atom stereocenters. The van der Waals surface area contributed by atoms with Crippen LogP contribution in [0.5, 0.6) is 0 Å². The van der Waals surface area contributed by atoms with Gasteiger partial charge in [0.15, 0.2) is 0 Å². The van der Waals surface area contributed by atoms with Crippen molar-refractivity contribution in [2.24, 2.45) is 5.92 Å². The topological polar surface area (TPSA) is 21.3 Å². The van der Waals surface area contributed by atoms with E-state index in [4.69, 9.17) is 4.43 Å². The van der Waals surface area contributed by atoms with Gasteiger partial charge >= 0.3 is 0 Å². The van der Waals surface area contributed by atoms with Crippen molar-refractivity contribution in [3.05, 3.63) is 0 Å². The van der Waals surface area contributed by atoms with E-state index in [0.29, 0.717) is 0 Å². The summed E-state index contributed by atoms with van der Waals surface area (Å²) in [5.74, 6) is 0.758. The lowest BCUT2D eigenvalue weighted by molar-refractivity contribution is 0.304. The number of hydrogen-bond acceptors (Lipinski definition) is 2. The van der Waals surface area contributed by atoms with Crippen LogP contribution in [-0.4, -0.2) is 30.2 Å². The molecule has 0 aliphatic carbocycles. The third-order valence-corrected chi connectivity index (χ3v) is 1.97. The van der Waals surface area contributed by atoms with Gasteiger partial charge in [-0.15, -0.1) is 0 Å². The van der Waals surface area contributed by atoms with Gasteiger partial charge in [0.05, 0.1) is 0 Å². The summed E-state index contributed by atoms with van der Waals surface area (Å²) < 4.78 is 5.10. The third-order valence-electron chi connectivity index (χ3n) is 1.56. The molecule has 0 amide bonds. The zero-order valence-electron chi connectivity index (χ0n) is 7.31. The van der Waals surface area contributed by atoms with Gasteiger partial charge < -0.3 is 9.74 Å². The molecule has 0 heterocycles. The molecule has 0 rings (SSSR count). The van der Waals surface area contributed by atoms with Gasteiger partial charge in [-0.05, 0) is 25.4 Å². The SMILES string of the molecule is CCNCC(C)CCO[SiH3]. The summed E-state index contributed by atoms with van der Waals surface area (Å²) in [6.07, 6.45) is 1.19. The van der Waals surface area contributed by atoms with Crippen LogP contribution in [0, 0.1) is 5.92 Å². The molecule has 0 saturated carbocycles. The average molecular weight is 161 g/mol. The monoisotopic (exact) mass is 161 g/mol. The van der Waals surface area contributed by atoms with Crippen molar-refractivity contribution < 1.29 is 4.43 Å². The van der Waals surface area contributed by atoms with Crippen LogP contribution in [-0.2, 0) is 4.43 Å². The Balaban J connectivity index is 3.00. The van der Waals surface area contributed by atoms with E-state index in [-0.39, 0.29) is 0 Å². The molecular formula is C7H19NOSi. The maximum Gasteiger partial charge on any atom is 0.145 e. The Kier molecular flexibility index (Phi) is 7.35. The molecule has 10 heavy (non-hydrogen) atoms. The fraction of sp³-hybridized carbons (Fsp3) is 1.00. The van der Waals surface area contributed by atoms with E-state index in [1.54, 1.807) is 0 Å². The van der Waals surface area contributed by atoms with Crippen molar-refractivity contribution in [3.63, 3.8) is 0 Å². The second kappa shape index (κ2) is 7.25. The van der Waals surface area contributed by atoms with E-state index in [0.717, 1.165) is 36.1 Å². The van der Waals surface area contributed by atoms with Crippen LogP contribution in [0.1, 0.15) is 20.3 Å². The Morgan fingerprint density at radius 3 is 2.80 bits per heavy atom. The average Bonchev–Trinajstić information content (AvgIpc) is 1.97. The molecule has 2 nitrogen and oxygen atoms in total. The molecule has 0 aliphatic heterocycles. The van der Waals surface area contributed by atoms with E-state index in [1.165, 1.54) is 6.42 Å². The van der Waals surface area contributed by atoms with Gasteiger partial charge in [0, 0.05) is 6.61 Å². The van der Waals surface area contributed by atoms with Crippen LogP contribution in [0.4, 0.5) is 0 Å². The van der Waals surface area contributed by atoms with Crippen molar-refractivity contribution in [3.8, 4) is 0 Å². The molecule has 0 spiro atoms. The predicted molar refractivity (Wildman–Crippen MR) is 48.2 cm³/mol. The highest BCUT2D eigenvalue weighted by atomic mass is 28.2. The van der Waals surface area contributed by atoms with Crippen LogP contribution in [0.3, 0.4) is 0 Å². The number of rotatable bonds is 6. The van der Waals surface area contributed by atoms with E-state index in [2.05, 4.69) is 19.2 Å². The number of nitrogens with one attached hydrogen (secondary N) is 1. The number of hydrogen-bond donors (Lipinski definition) is 1. The fourth-order valence-corrected chi connectivity index (χ4v) is 1.05. The summed E-state index contributed by atoms with van der Waals surface area (Å²) in [5, 5.41) is 3.31. The van der Waals surface area contributed by atoms with E-state index in [9.17, 15) is 0 Å². The Morgan fingerprint density at radius 1 is 1.60 bits per heavy atom. The van der Waals surface area contributed by atoms with Crippen LogP contribution < -0.4 is 5.32 Å². The molecule has 0 aliphatic rings. The Morgan fingerprint density at radius 2 is 2.30 bits per heavy atom. The minimum Gasteiger partial charge on any atom is -0.428 e. The summed E-state index contributed by atoms with van der Waals surface area (Å²) in [6, 6.07) is 0. The highest BCUT2D eigenvalue weighted by Gasteiger charge is 1.98. The van der Waals surface area contributed by atoms with Gasteiger partial charge in [-0.25, -0.2) is 0 Å². The third kappa shape index (κ3) is 6.26. The van der Waals surface area contributed by atoms with Gasteiger partial charge in [-0.2, -0.15) is 0 Å². The standard InChI is InChI=1S/C7H19NOSi/c1-3-8-6-7(2)4-5-9-10/h7-8H,3-6H2,1-2,10H3. The van der Waals surface area contributed by atoms with Gasteiger partial charge in [0.1, 0.15) is 10.5 Å². The van der Waals surface area contributed by atoms with Crippen molar-refractivity contribution in [1.82, 2.24) is 5.32 Å². The van der Waals surface area contributed by atoms with Crippen molar-refractivity contribution in [2.75, 3.05) is 19.7 Å². The summed E-state index contributed by atoms with van der Waals surface area (Å²) in [7, 11) is 0.879. The van der Waals surface area contributed by atoms with Crippen LogP contribution in [0.25, 0.3) is 0 Å². The van der Waals surface area contributed by atoms with Gasteiger partial charge in [-0.3, -0.25) is 0 Å². The second-order valence-electron chi connectivity index (χ2n) is 2.69. The molecule has 0 aromatic carbocycles. The quantitative estimate of drug-likeness (QED) is 0.550. The zero-order valence-corrected chi connectivity index (χ0v) is 9.31. The first-order valence-electron chi connectivity index (χ1n) is 4.00. The molecule has 1 atom stereocenters. The Labute approximate surface area is 66.9 Å². The molecule has 0 bridgehead atoms. The van der Waals surface area contributed by atoms with Gasteiger partial charge in [0.2, 0.25) is 0 Å². The first kappa shape index (κ1) is 10.1. The van der Waals surface area contributed by atoms with Crippen molar-refractivity contribution in [1.29, 1.82) is 0 Å². The Bertz CT molecular complexity index is 62.6. The van der Waals surface area contributed by atoms with E-state index < -0.39 is 0 Å². The molecule has 62 valence electrons. The van der Waals surface area contributed by atoms with Gasteiger partial charge in [-0.1, -0.05) is 13.8 Å². The molecular weight excluding hydrogens is 142 g/mol. The first-order chi connectivity index (χ1) is 4.81. The smallest absolute Gasteiger partial charge is 0.145 e. The zero-order chi connectivity index (χ0) is 7.82. The van der Waals surface area contributed by atoms with Crippen molar-refractivity contribution in [2.45, 2.75) is 20.3 Å². The summed E-state index contributed by atoms with van der Waals surface area (Å²) in [4.78, 5) is 0. The first-order valence-corrected chi connectivity index (χ1v) is 4.82. The molecule has 0 fully saturated rings. The lowest BCUT2D eigenvalue weighted by Crippen LogP contribution is -2.21. The lowest BCUT2D eigenvalue weighted by Gasteiger charge is -2.10. The van der Waals surface area contributed by atoms with E-state index >= 15 is 0 Å². The summed E-state index contributed by atoms with van der Waals surface area (Å²) in [6.45, 7) is 7.53. The maximum atomic E-state index is 5.10. The highest BCUT2D eigenvalue weighted by molar-refractivity contribution is 5.97. The molecule has 0 saturated heterocycles. The highest BCUT2D eigenvalue weighted by Crippen LogP contribution is 1.98. The lowest BCUT2D eigenvalue weighted by atomic mass is 10.1. The molecule has 0 radical (unpaired) electrons. The molecule has 1 N–H and O–H groups in total. The fourth-order valence-electron chi connectivity index (χ4n) is 0.812. The largest absolute Gasteiger partial charge is 0.428 e. The molecule has 0 aromatic rings. The second-order valence-corrected chi connectivity index (χ2v) is 3.27. The van der Waals surface area contributed by atoms with Gasteiger partial charge in [0.25, 0.3) is 0 Å². The predicted octanol–water partition coefficient (Wildman–Crippen LogP) is -0.0809. The normalized spacial score (nSPS) is 13.8. The van der Waals surface area contributed by atoms with Crippen molar-refractivity contribution >= 4 is 10.5 Å². The maximum absolute atomic E-state index is 5.10. The summed E-state index contributed by atoms with van der Waals surface area (Å²) >= 11 is 0. The molecule has 3 heteroatoms. The Hall–Kier alpha value is 0.137. The molecule has 0 aromatic heterocycles. The minimum absolute atomic E-state index is 0.758. The van der Waals surface area contributed by atoms with Crippen LogP contribution in [0.15, 0.2) is 0 Å². The van der Waals surface area contributed by atoms with Crippen LogP contribution >= 0.6 is 0 Å².